The summed E-state index contributed by atoms with van der Waals surface area (Å²) in [6.45, 7) is 4.55. The van der Waals surface area contributed by atoms with E-state index in [9.17, 15) is 14.0 Å². The van der Waals surface area contributed by atoms with Gasteiger partial charge in [-0.3, -0.25) is 4.79 Å². The molecule has 0 spiro atoms. The van der Waals surface area contributed by atoms with Gasteiger partial charge >= 0.3 is 5.97 Å². The molecule has 1 unspecified atom stereocenters. The van der Waals surface area contributed by atoms with Crippen LogP contribution in [0.15, 0.2) is 24.3 Å². The van der Waals surface area contributed by atoms with Gasteiger partial charge in [0, 0.05) is 0 Å². The number of para-hydroxylation sites is 1. The van der Waals surface area contributed by atoms with Crippen molar-refractivity contribution in [3.05, 3.63) is 41.5 Å². The maximum absolute atomic E-state index is 12.6. The molecule has 2 rings (SSSR count). The van der Waals surface area contributed by atoms with E-state index in [2.05, 4.69) is 15.4 Å². The van der Waals surface area contributed by atoms with Crippen molar-refractivity contribution >= 4 is 11.9 Å². The highest BCUT2D eigenvalue weighted by Gasteiger charge is 2.24. The van der Waals surface area contributed by atoms with Crippen LogP contribution in [0.3, 0.4) is 0 Å². The van der Waals surface area contributed by atoms with Crippen molar-refractivity contribution in [3.63, 3.8) is 0 Å². The van der Waals surface area contributed by atoms with Gasteiger partial charge in [-0.25, -0.2) is 18.9 Å². The number of aryl methyl sites for hydroxylation is 1. The van der Waals surface area contributed by atoms with Crippen LogP contribution >= 0.6 is 0 Å². The molecule has 128 valence electrons. The van der Waals surface area contributed by atoms with Gasteiger partial charge < -0.3 is 10.4 Å². The summed E-state index contributed by atoms with van der Waals surface area (Å²) < 4.78 is 14.2. The molecule has 7 nitrogen and oxygen atoms in total. The van der Waals surface area contributed by atoms with Crippen molar-refractivity contribution < 1.29 is 19.1 Å². The van der Waals surface area contributed by atoms with Gasteiger partial charge in [0.15, 0.2) is 6.04 Å². The van der Waals surface area contributed by atoms with Crippen LogP contribution < -0.4 is 5.32 Å². The smallest absolute Gasteiger partial charge is 0.328 e. The number of amides is 1. The second-order valence-corrected chi connectivity index (χ2v) is 5.63. The molecule has 1 heterocycles. The van der Waals surface area contributed by atoms with E-state index >= 15 is 0 Å². The molecule has 1 amide bonds. The van der Waals surface area contributed by atoms with Crippen molar-refractivity contribution in [2.45, 2.75) is 32.7 Å². The van der Waals surface area contributed by atoms with Gasteiger partial charge in [-0.05, 0) is 24.5 Å². The third-order valence-corrected chi connectivity index (χ3v) is 3.52. The van der Waals surface area contributed by atoms with Crippen LogP contribution in [-0.2, 0) is 4.79 Å². The van der Waals surface area contributed by atoms with E-state index < -0.39 is 24.6 Å². The minimum Gasteiger partial charge on any atom is -0.480 e. The van der Waals surface area contributed by atoms with Crippen LogP contribution in [0, 0.1) is 6.92 Å². The van der Waals surface area contributed by atoms with Crippen molar-refractivity contribution in [3.8, 4) is 5.69 Å². The lowest BCUT2D eigenvalue weighted by atomic mass is 10.0. The number of nitrogens with zero attached hydrogens (tertiary/aromatic N) is 3. The van der Waals surface area contributed by atoms with E-state index in [1.54, 1.807) is 6.92 Å². The van der Waals surface area contributed by atoms with Gasteiger partial charge in [0.2, 0.25) is 5.82 Å². The quantitative estimate of drug-likeness (QED) is 0.840. The Balaban J connectivity index is 2.34. The first kappa shape index (κ1) is 17.6. The van der Waals surface area contributed by atoms with Gasteiger partial charge in [-0.1, -0.05) is 32.0 Å². The molecule has 1 aromatic heterocycles. The van der Waals surface area contributed by atoms with E-state index in [1.807, 2.05) is 38.1 Å². The third-order valence-electron chi connectivity index (χ3n) is 3.52. The summed E-state index contributed by atoms with van der Waals surface area (Å²) in [5, 5.41) is 15.0. The molecule has 0 fully saturated rings. The number of alkyl halides is 1. The monoisotopic (exact) mass is 334 g/mol. The predicted octanol–water partition coefficient (Wildman–Crippen LogP) is 1.85. The van der Waals surface area contributed by atoms with Crippen molar-refractivity contribution in [2.24, 2.45) is 0 Å². The molecule has 2 aromatic rings. The van der Waals surface area contributed by atoms with Crippen LogP contribution in [-0.4, -0.2) is 44.5 Å². The maximum atomic E-state index is 12.6. The summed E-state index contributed by atoms with van der Waals surface area (Å²) in [6, 6.07) is 5.97. The first-order valence-corrected chi connectivity index (χ1v) is 7.47. The lowest BCUT2D eigenvalue weighted by Crippen LogP contribution is -2.42. The number of carboxylic acid groups (broad SMARTS) is 1. The molecule has 8 heteroatoms. The summed E-state index contributed by atoms with van der Waals surface area (Å²) in [5.74, 6) is -1.77. The summed E-state index contributed by atoms with van der Waals surface area (Å²) in [5.41, 5.74) is 1.82. The van der Waals surface area contributed by atoms with E-state index in [-0.39, 0.29) is 11.7 Å². The number of halogens is 1. The van der Waals surface area contributed by atoms with Crippen molar-refractivity contribution in [1.82, 2.24) is 20.1 Å². The zero-order chi connectivity index (χ0) is 17.9. The SMILES string of the molecule is Cc1nc(C(=O)NC(CF)C(=O)O)nn1-c1ccccc1C(C)C. The van der Waals surface area contributed by atoms with E-state index in [1.165, 1.54) is 4.68 Å². The Morgan fingerprint density at radius 1 is 1.33 bits per heavy atom. The highest BCUT2D eigenvalue weighted by Crippen LogP contribution is 2.23. The molecule has 0 aliphatic heterocycles. The van der Waals surface area contributed by atoms with Gasteiger partial charge in [0.25, 0.3) is 5.91 Å². The fourth-order valence-corrected chi connectivity index (χ4v) is 2.27. The number of aliphatic carboxylic acids is 1. The van der Waals surface area contributed by atoms with Crippen LogP contribution in [0.25, 0.3) is 5.69 Å². The number of hydrogen-bond acceptors (Lipinski definition) is 4. The lowest BCUT2D eigenvalue weighted by Gasteiger charge is -2.12. The summed E-state index contributed by atoms with van der Waals surface area (Å²) in [4.78, 5) is 26.9. The van der Waals surface area contributed by atoms with E-state index in [4.69, 9.17) is 5.11 Å². The molecule has 0 saturated carbocycles. The Morgan fingerprint density at radius 2 is 2.00 bits per heavy atom. The average Bonchev–Trinajstić information content (AvgIpc) is 2.93. The van der Waals surface area contributed by atoms with Crippen LogP contribution in [0.2, 0.25) is 0 Å². The number of nitrogens with one attached hydrogen (secondary N) is 1. The number of aromatic nitrogens is 3. The molecule has 0 aliphatic rings. The molecule has 2 N–H and O–H groups in total. The number of carbonyl (C=O) groups excluding carboxylic acids is 1. The average molecular weight is 334 g/mol. The molecular formula is C16H19FN4O3. The van der Waals surface area contributed by atoms with Crippen LogP contribution in [0.1, 0.15) is 41.8 Å². The van der Waals surface area contributed by atoms with E-state index in [0.29, 0.717) is 5.82 Å². The Morgan fingerprint density at radius 3 is 2.58 bits per heavy atom. The minimum absolute atomic E-state index is 0.203. The van der Waals surface area contributed by atoms with Crippen LogP contribution in [0.5, 0.6) is 0 Å². The highest BCUT2D eigenvalue weighted by atomic mass is 19.1. The van der Waals surface area contributed by atoms with Crippen LogP contribution in [0.4, 0.5) is 4.39 Å². The fourth-order valence-electron chi connectivity index (χ4n) is 2.27. The normalized spacial score (nSPS) is 12.2. The standard InChI is InChI=1S/C16H19FN4O3/c1-9(2)11-6-4-5-7-13(11)21-10(3)18-14(20-21)15(22)19-12(8-17)16(23)24/h4-7,9,12H,8H2,1-3H3,(H,19,22)(H,23,24). The number of rotatable bonds is 6. The molecular weight excluding hydrogens is 315 g/mol. The number of benzene rings is 1. The molecule has 0 aliphatic carbocycles. The number of carboxylic acids is 1. The fraction of sp³-hybridized carbons (Fsp3) is 0.375. The van der Waals surface area contributed by atoms with Gasteiger partial charge in [-0.15, -0.1) is 5.10 Å². The number of carbonyl (C=O) groups is 2. The first-order chi connectivity index (χ1) is 11.3. The zero-order valence-electron chi connectivity index (χ0n) is 13.7. The Kier molecular flexibility index (Phi) is 5.28. The molecule has 1 aromatic carbocycles. The van der Waals surface area contributed by atoms with Gasteiger partial charge in [0.05, 0.1) is 5.69 Å². The molecule has 0 radical (unpaired) electrons. The van der Waals surface area contributed by atoms with Crippen molar-refractivity contribution in [1.29, 1.82) is 0 Å². The Labute approximate surface area is 138 Å². The predicted molar refractivity (Wildman–Crippen MR) is 85.1 cm³/mol. The van der Waals surface area contributed by atoms with Crippen molar-refractivity contribution in [2.75, 3.05) is 6.67 Å². The molecule has 1 atom stereocenters. The summed E-state index contributed by atoms with van der Waals surface area (Å²) in [7, 11) is 0. The third kappa shape index (κ3) is 3.58. The summed E-state index contributed by atoms with van der Waals surface area (Å²) in [6.07, 6.45) is 0. The zero-order valence-corrected chi connectivity index (χ0v) is 13.7. The molecule has 24 heavy (non-hydrogen) atoms. The van der Waals surface area contributed by atoms with Gasteiger partial charge in [-0.2, -0.15) is 0 Å². The van der Waals surface area contributed by atoms with Gasteiger partial charge in [0.1, 0.15) is 12.5 Å². The largest absolute Gasteiger partial charge is 0.480 e. The Bertz CT molecular complexity index is 758. The Hall–Kier alpha value is -2.77. The second kappa shape index (κ2) is 7.20. The first-order valence-electron chi connectivity index (χ1n) is 7.47. The second-order valence-electron chi connectivity index (χ2n) is 5.63. The molecule has 0 saturated heterocycles. The highest BCUT2D eigenvalue weighted by molar-refractivity contribution is 5.93. The van der Waals surface area contributed by atoms with E-state index in [0.717, 1.165) is 11.3 Å². The minimum atomic E-state index is -1.62. The summed E-state index contributed by atoms with van der Waals surface area (Å²) >= 11 is 0. The maximum Gasteiger partial charge on any atom is 0.328 e. The number of hydrogen-bond donors (Lipinski definition) is 2. The lowest BCUT2D eigenvalue weighted by molar-refractivity contribution is -0.139. The molecule has 0 bridgehead atoms. The topological polar surface area (TPSA) is 97.1 Å².